The zero-order chi connectivity index (χ0) is 16.2. The average Bonchev–Trinajstić information content (AvgIpc) is 3.20. The molecule has 1 N–H and O–H groups in total. The van der Waals surface area contributed by atoms with E-state index < -0.39 is 5.91 Å². The summed E-state index contributed by atoms with van der Waals surface area (Å²) in [4.78, 5) is 23.6. The number of aromatic nitrogens is 3. The number of nitrogens with one attached hydrogen (secondary N) is 1. The van der Waals surface area contributed by atoms with Crippen molar-refractivity contribution in [3.8, 4) is 11.5 Å². The van der Waals surface area contributed by atoms with Crippen LogP contribution in [0.3, 0.4) is 0 Å². The number of hydrogen-bond acceptors (Lipinski definition) is 6. The minimum atomic E-state index is -0.396. The summed E-state index contributed by atoms with van der Waals surface area (Å²) in [5.74, 6) is 0.469. The van der Waals surface area contributed by atoms with Crippen LogP contribution in [-0.2, 0) is 6.54 Å². The van der Waals surface area contributed by atoms with Gasteiger partial charge in [-0.2, -0.15) is 5.10 Å². The third kappa shape index (κ3) is 3.37. The highest BCUT2D eigenvalue weighted by atomic mass is 16.5. The number of rotatable bonds is 5. The number of furan rings is 1. The molecule has 118 valence electrons. The topological polar surface area (TPSA) is 103 Å². The number of amides is 1. The molecule has 8 nitrogen and oxygen atoms in total. The standard InChI is InChI=1S/C15H14N4O4/c1-10-4-5-14(20)19(17-10)7-6-16-15(21)11-9-13(23-18-11)12-3-2-8-22-12/h2-5,8-9H,6-7H2,1H3,(H,16,21). The van der Waals surface area contributed by atoms with Crippen LogP contribution in [0.1, 0.15) is 16.2 Å². The molecule has 0 unspecified atom stereocenters. The summed E-state index contributed by atoms with van der Waals surface area (Å²) in [6.45, 7) is 2.31. The Bertz CT molecular complexity index is 864. The number of hydrogen-bond donors (Lipinski definition) is 1. The molecule has 3 aromatic rings. The van der Waals surface area contributed by atoms with Gasteiger partial charge in [-0.3, -0.25) is 9.59 Å². The Kier molecular flexibility index (Phi) is 4.05. The third-order valence-electron chi connectivity index (χ3n) is 3.12. The van der Waals surface area contributed by atoms with E-state index in [0.717, 1.165) is 5.69 Å². The minimum Gasteiger partial charge on any atom is -0.461 e. The van der Waals surface area contributed by atoms with Crippen LogP contribution < -0.4 is 10.9 Å². The molecule has 0 aliphatic heterocycles. The predicted molar refractivity (Wildman–Crippen MR) is 79.8 cm³/mol. The van der Waals surface area contributed by atoms with Crippen LogP contribution in [0.25, 0.3) is 11.5 Å². The van der Waals surface area contributed by atoms with Crippen LogP contribution in [-0.4, -0.2) is 27.4 Å². The van der Waals surface area contributed by atoms with Crippen LogP contribution >= 0.6 is 0 Å². The Morgan fingerprint density at radius 1 is 1.30 bits per heavy atom. The molecule has 0 fully saturated rings. The van der Waals surface area contributed by atoms with Crippen LogP contribution in [0.5, 0.6) is 0 Å². The maximum atomic E-state index is 12.0. The van der Waals surface area contributed by atoms with Crippen LogP contribution in [0.15, 0.2) is 50.3 Å². The van der Waals surface area contributed by atoms with Gasteiger partial charge in [-0.15, -0.1) is 0 Å². The lowest BCUT2D eigenvalue weighted by atomic mass is 10.3. The molecule has 23 heavy (non-hydrogen) atoms. The lowest BCUT2D eigenvalue weighted by molar-refractivity contribution is 0.0942. The Labute approximate surface area is 130 Å². The van der Waals surface area contributed by atoms with E-state index in [9.17, 15) is 9.59 Å². The second-order valence-corrected chi connectivity index (χ2v) is 4.85. The highest BCUT2D eigenvalue weighted by Crippen LogP contribution is 2.20. The number of aryl methyl sites for hydroxylation is 1. The van der Waals surface area contributed by atoms with Gasteiger partial charge < -0.3 is 14.3 Å². The Morgan fingerprint density at radius 3 is 2.96 bits per heavy atom. The molecule has 0 aliphatic rings. The van der Waals surface area contributed by atoms with E-state index in [0.29, 0.717) is 11.5 Å². The van der Waals surface area contributed by atoms with Gasteiger partial charge in [0, 0.05) is 18.7 Å². The lowest BCUT2D eigenvalue weighted by Gasteiger charge is -2.05. The first-order valence-electron chi connectivity index (χ1n) is 6.97. The zero-order valence-electron chi connectivity index (χ0n) is 12.4. The largest absolute Gasteiger partial charge is 0.461 e. The minimum absolute atomic E-state index is 0.140. The summed E-state index contributed by atoms with van der Waals surface area (Å²) in [5, 5.41) is 10.4. The van der Waals surface area contributed by atoms with Crippen molar-refractivity contribution in [3.63, 3.8) is 0 Å². The molecule has 0 aromatic carbocycles. The smallest absolute Gasteiger partial charge is 0.273 e. The van der Waals surface area contributed by atoms with Gasteiger partial charge in [-0.25, -0.2) is 4.68 Å². The fourth-order valence-corrected chi connectivity index (χ4v) is 1.99. The summed E-state index contributed by atoms with van der Waals surface area (Å²) in [5.41, 5.74) is 0.655. The molecular weight excluding hydrogens is 300 g/mol. The van der Waals surface area contributed by atoms with E-state index in [2.05, 4.69) is 15.6 Å². The van der Waals surface area contributed by atoms with E-state index >= 15 is 0 Å². The van der Waals surface area contributed by atoms with E-state index in [1.807, 2.05) is 0 Å². The maximum Gasteiger partial charge on any atom is 0.273 e. The van der Waals surface area contributed by atoms with Crippen molar-refractivity contribution in [1.82, 2.24) is 20.3 Å². The van der Waals surface area contributed by atoms with Crippen molar-refractivity contribution in [2.24, 2.45) is 0 Å². The van der Waals surface area contributed by atoms with Gasteiger partial charge in [0.2, 0.25) is 5.76 Å². The predicted octanol–water partition coefficient (Wildman–Crippen LogP) is 1.23. The van der Waals surface area contributed by atoms with Gasteiger partial charge in [0.15, 0.2) is 11.5 Å². The van der Waals surface area contributed by atoms with E-state index in [4.69, 9.17) is 8.94 Å². The van der Waals surface area contributed by atoms with Gasteiger partial charge in [-0.1, -0.05) is 5.16 Å². The molecule has 1 amide bonds. The van der Waals surface area contributed by atoms with E-state index in [1.165, 1.54) is 23.1 Å². The Balaban J connectivity index is 1.59. The summed E-state index contributed by atoms with van der Waals surface area (Å²) in [6.07, 6.45) is 1.50. The molecule has 3 rings (SSSR count). The molecule has 0 saturated carbocycles. The average molecular weight is 314 g/mol. The van der Waals surface area contributed by atoms with E-state index in [-0.39, 0.29) is 24.3 Å². The van der Waals surface area contributed by atoms with Crippen molar-refractivity contribution in [2.45, 2.75) is 13.5 Å². The SMILES string of the molecule is Cc1ccc(=O)n(CCNC(=O)c2cc(-c3ccco3)on2)n1. The highest BCUT2D eigenvalue weighted by molar-refractivity contribution is 5.92. The Hall–Kier alpha value is -3.16. The van der Waals surface area contributed by atoms with Gasteiger partial charge in [0.05, 0.1) is 18.5 Å². The molecular formula is C15H14N4O4. The normalized spacial score (nSPS) is 10.7. The van der Waals surface area contributed by atoms with Crippen molar-refractivity contribution in [2.75, 3.05) is 6.54 Å². The fourth-order valence-electron chi connectivity index (χ4n) is 1.99. The summed E-state index contributed by atoms with van der Waals surface area (Å²) in [7, 11) is 0. The summed E-state index contributed by atoms with van der Waals surface area (Å²) >= 11 is 0. The molecule has 8 heteroatoms. The Morgan fingerprint density at radius 2 is 2.17 bits per heavy atom. The zero-order valence-corrected chi connectivity index (χ0v) is 12.4. The third-order valence-corrected chi connectivity index (χ3v) is 3.12. The number of carbonyl (C=O) groups is 1. The molecule has 0 aliphatic carbocycles. The van der Waals surface area contributed by atoms with Crippen molar-refractivity contribution in [3.05, 3.63) is 58.3 Å². The second kappa shape index (κ2) is 6.30. The number of carbonyl (C=O) groups excluding carboxylic acids is 1. The molecule has 0 spiro atoms. The first kappa shape index (κ1) is 14.8. The van der Waals surface area contributed by atoms with Gasteiger partial charge in [0.25, 0.3) is 11.5 Å². The van der Waals surface area contributed by atoms with Crippen molar-refractivity contribution in [1.29, 1.82) is 0 Å². The monoisotopic (exact) mass is 314 g/mol. The molecule has 3 aromatic heterocycles. The molecule has 0 atom stereocenters. The molecule has 0 radical (unpaired) electrons. The lowest BCUT2D eigenvalue weighted by Crippen LogP contribution is -2.32. The first-order chi connectivity index (χ1) is 11.1. The quantitative estimate of drug-likeness (QED) is 0.759. The fraction of sp³-hybridized carbons (Fsp3) is 0.200. The van der Waals surface area contributed by atoms with Gasteiger partial charge >= 0.3 is 0 Å². The van der Waals surface area contributed by atoms with Crippen LogP contribution in [0.4, 0.5) is 0 Å². The van der Waals surface area contributed by atoms with Crippen LogP contribution in [0, 0.1) is 6.92 Å². The van der Waals surface area contributed by atoms with Gasteiger partial charge in [0.1, 0.15) is 0 Å². The van der Waals surface area contributed by atoms with Crippen molar-refractivity contribution >= 4 is 5.91 Å². The first-order valence-corrected chi connectivity index (χ1v) is 6.97. The van der Waals surface area contributed by atoms with Gasteiger partial charge in [-0.05, 0) is 25.1 Å². The molecule has 3 heterocycles. The highest BCUT2D eigenvalue weighted by Gasteiger charge is 2.14. The summed E-state index contributed by atoms with van der Waals surface area (Å²) < 4.78 is 11.5. The molecule has 0 bridgehead atoms. The molecule has 0 saturated heterocycles. The summed E-state index contributed by atoms with van der Waals surface area (Å²) in [6, 6.07) is 7.99. The van der Waals surface area contributed by atoms with Crippen LogP contribution in [0.2, 0.25) is 0 Å². The second-order valence-electron chi connectivity index (χ2n) is 4.85. The van der Waals surface area contributed by atoms with Crippen molar-refractivity contribution < 1.29 is 13.7 Å². The number of nitrogens with zero attached hydrogens (tertiary/aromatic N) is 3. The van der Waals surface area contributed by atoms with E-state index in [1.54, 1.807) is 25.1 Å². The maximum absolute atomic E-state index is 12.0.